The fourth-order valence-corrected chi connectivity index (χ4v) is 2.35. The average Bonchev–Trinajstić information content (AvgIpc) is 2.88. The minimum atomic E-state index is -0.375. The molecule has 0 radical (unpaired) electrons. The van der Waals surface area contributed by atoms with Gasteiger partial charge in [-0.05, 0) is 24.6 Å². The molecule has 0 atom stereocenters. The van der Waals surface area contributed by atoms with Crippen molar-refractivity contribution in [2.75, 3.05) is 6.61 Å². The standard InChI is InChI=1S/C17H16N2O2/c1-2-21-17(20)16-14-10-6-7-11-19(14)15(18-16)12-13-8-4-3-5-9-13/h3-11H,2,12H2,1H3. The molecule has 3 rings (SSSR count). The van der Waals surface area contributed by atoms with E-state index in [-0.39, 0.29) is 5.97 Å². The second-order valence-corrected chi connectivity index (χ2v) is 4.72. The van der Waals surface area contributed by atoms with E-state index in [2.05, 4.69) is 4.98 Å². The van der Waals surface area contributed by atoms with E-state index in [0.717, 1.165) is 16.9 Å². The number of nitrogens with zero attached hydrogens (tertiary/aromatic N) is 2. The second-order valence-electron chi connectivity index (χ2n) is 4.72. The summed E-state index contributed by atoms with van der Waals surface area (Å²) in [6, 6.07) is 15.8. The summed E-state index contributed by atoms with van der Waals surface area (Å²) >= 11 is 0. The third-order valence-electron chi connectivity index (χ3n) is 3.30. The van der Waals surface area contributed by atoms with E-state index in [1.54, 1.807) is 6.92 Å². The van der Waals surface area contributed by atoms with E-state index in [9.17, 15) is 4.79 Å². The highest BCUT2D eigenvalue weighted by Gasteiger charge is 2.18. The van der Waals surface area contributed by atoms with Gasteiger partial charge in [0, 0.05) is 12.6 Å². The van der Waals surface area contributed by atoms with Crippen LogP contribution >= 0.6 is 0 Å². The van der Waals surface area contributed by atoms with Crippen molar-refractivity contribution < 1.29 is 9.53 Å². The van der Waals surface area contributed by atoms with Crippen molar-refractivity contribution in [1.82, 2.24) is 9.38 Å². The van der Waals surface area contributed by atoms with Crippen molar-refractivity contribution in [2.45, 2.75) is 13.3 Å². The molecule has 0 spiro atoms. The molecule has 0 bridgehead atoms. The summed E-state index contributed by atoms with van der Waals surface area (Å²) in [7, 11) is 0. The summed E-state index contributed by atoms with van der Waals surface area (Å²) in [5.74, 6) is 0.459. The van der Waals surface area contributed by atoms with Crippen LogP contribution < -0.4 is 0 Å². The SMILES string of the molecule is CCOC(=O)c1nc(Cc2ccccc2)n2ccccc12. The third-order valence-corrected chi connectivity index (χ3v) is 3.30. The van der Waals surface area contributed by atoms with E-state index in [1.165, 1.54) is 0 Å². The lowest BCUT2D eigenvalue weighted by Crippen LogP contribution is -2.05. The van der Waals surface area contributed by atoms with Crippen LogP contribution in [0.1, 0.15) is 28.8 Å². The van der Waals surface area contributed by atoms with Gasteiger partial charge in [0.2, 0.25) is 0 Å². The van der Waals surface area contributed by atoms with Gasteiger partial charge in [-0.2, -0.15) is 0 Å². The normalized spacial score (nSPS) is 10.7. The number of esters is 1. The zero-order chi connectivity index (χ0) is 14.7. The van der Waals surface area contributed by atoms with Crippen LogP contribution in [0.5, 0.6) is 0 Å². The van der Waals surface area contributed by atoms with Gasteiger partial charge in [0.25, 0.3) is 0 Å². The molecule has 4 heteroatoms. The van der Waals surface area contributed by atoms with E-state index in [4.69, 9.17) is 4.74 Å². The number of aromatic nitrogens is 2. The summed E-state index contributed by atoms with van der Waals surface area (Å²) in [6.07, 6.45) is 2.59. The number of carbonyl (C=O) groups excluding carboxylic acids is 1. The molecule has 3 aromatic rings. The van der Waals surface area contributed by atoms with Gasteiger partial charge in [-0.1, -0.05) is 36.4 Å². The number of carbonyl (C=O) groups is 1. The first-order chi connectivity index (χ1) is 10.3. The van der Waals surface area contributed by atoms with Crippen molar-refractivity contribution in [2.24, 2.45) is 0 Å². The number of hydrogen-bond donors (Lipinski definition) is 0. The Morgan fingerprint density at radius 1 is 1.14 bits per heavy atom. The minimum absolute atomic E-state index is 0.346. The van der Waals surface area contributed by atoms with Crippen LogP contribution in [0.15, 0.2) is 54.7 Å². The third kappa shape index (κ3) is 2.65. The van der Waals surface area contributed by atoms with Gasteiger partial charge in [-0.15, -0.1) is 0 Å². The number of rotatable bonds is 4. The second kappa shape index (κ2) is 5.79. The Kier molecular flexibility index (Phi) is 3.69. The van der Waals surface area contributed by atoms with Crippen LogP contribution in [-0.2, 0) is 11.2 Å². The quantitative estimate of drug-likeness (QED) is 0.690. The molecule has 2 aromatic heterocycles. The molecule has 0 aliphatic rings. The minimum Gasteiger partial charge on any atom is -0.461 e. The van der Waals surface area contributed by atoms with Crippen LogP contribution in [0.4, 0.5) is 0 Å². The molecule has 0 amide bonds. The summed E-state index contributed by atoms with van der Waals surface area (Å²) in [6.45, 7) is 2.14. The zero-order valence-corrected chi connectivity index (χ0v) is 11.8. The Labute approximate surface area is 123 Å². The summed E-state index contributed by atoms with van der Waals surface area (Å²) in [5, 5.41) is 0. The van der Waals surface area contributed by atoms with Gasteiger partial charge in [0.05, 0.1) is 12.1 Å². The Bertz CT molecular complexity index is 763. The Hall–Kier alpha value is -2.62. The predicted octanol–water partition coefficient (Wildman–Crippen LogP) is 3.10. The van der Waals surface area contributed by atoms with E-state index < -0.39 is 0 Å². The van der Waals surface area contributed by atoms with Gasteiger partial charge in [-0.3, -0.25) is 0 Å². The monoisotopic (exact) mass is 280 g/mol. The molecule has 4 nitrogen and oxygen atoms in total. The maximum absolute atomic E-state index is 12.0. The van der Waals surface area contributed by atoms with Gasteiger partial charge in [-0.25, -0.2) is 9.78 Å². The van der Waals surface area contributed by atoms with Crippen LogP contribution in [0.3, 0.4) is 0 Å². The average molecular weight is 280 g/mol. The number of fused-ring (bicyclic) bond motifs is 1. The predicted molar refractivity (Wildman–Crippen MR) is 80.4 cm³/mol. The molecule has 0 aliphatic heterocycles. The molecule has 2 heterocycles. The molecule has 1 aromatic carbocycles. The fraction of sp³-hybridized carbons (Fsp3) is 0.176. The first kappa shape index (κ1) is 13.4. The lowest BCUT2D eigenvalue weighted by Gasteiger charge is -2.01. The summed E-state index contributed by atoms with van der Waals surface area (Å²) < 4.78 is 7.03. The molecule has 0 fully saturated rings. The van der Waals surface area contributed by atoms with Crippen LogP contribution in [0.25, 0.3) is 5.52 Å². The number of benzene rings is 1. The Morgan fingerprint density at radius 3 is 2.67 bits per heavy atom. The van der Waals surface area contributed by atoms with Crippen molar-refractivity contribution in [3.63, 3.8) is 0 Å². The molecule has 106 valence electrons. The van der Waals surface area contributed by atoms with E-state index >= 15 is 0 Å². The summed E-state index contributed by atoms with van der Waals surface area (Å²) in [4.78, 5) is 16.5. The van der Waals surface area contributed by atoms with Crippen LogP contribution in [0.2, 0.25) is 0 Å². The number of imidazole rings is 1. The number of ether oxygens (including phenoxy) is 1. The van der Waals surface area contributed by atoms with Crippen molar-refractivity contribution in [3.8, 4) is 0 Å². The largest absolute Gasteiger partial charge is 0.461 e. The van der Waals surface area contributed by atoms with Gasteiger partial charge >= 0.3 is 5.97 Å². The van der Waals surface area contributed by atoms with Gasteiger partial charge in [0.1, 0.15) is 5.82 Å². The van der Waals surface area contributed by atoms with Gasteiger partial charge < -0.3 is 9.14 Å². The Balaban J connectivity index is 2.05. The number of pyridine rings is 1. The summed E-state index contributed by atoms with van der Waals surface area (Å²) in [5.41, 5.74) is 2.31. The maximum Gasteiger partial charge on any atom is 0.359 e. The first-order valence-electron chi connectivity index (χ1n) is 6.96. The number of hydrogen-bond acceptors (Lipinski definition) is 3. The maximum atomic E-state index is 12.0. The molecule has 0 saturated heterocycles. The highest BCUT2D eigenvalue weighted by molar-refractivity contribution is 5.95. The highest BCUT2D eigenvalue weighted by Crippen LogP contribution is 2.17. The molecule has 21 heavy (non-hydrogen) atoms. The topological polar surface area (TPSA) is 43.6 Å². The molecule has 0 N–H and O–H groups in total. The van der Waals surface area contributed by atoms with Gasteiger partial charge in [0.15, 0.2) is 5.69 Å². The molecule has 0 saturated carbocycles. The zero-order valence-electron chi connectivity index (χ0n) is 11.8. The van der Waals surface area contributed by atoms with E-state index in [0.29, 0.717) is 18.7 Å². The lowest BCUT2D eigenvalue weighted by molar-refractivity contribution is 0.0522. The lowest BCUT2D eigenvalue weighted by atomic mass is 10.1. The molecular weight excluding hydrogens is 264 g/mol. The molecular formula is C17H16N2O2. The molecule has 0 unspecified atom stereocenters. The highest BCUT2D eigenvalue weighted by atomic mass is 16.5. The van der Waals surface area contributed by atoms with Crippen molar-refractivity contribution >= 4 is 11.5 Å². The fourth-order valence-electron chi connectivity index (χ4n) is 2.35. The van der Waals surface area contributed by atoms with Crippen LogP contribution in [0, 0.1) is 0 Å². The van der Waals surface area contributed by atoms with E-state index in [1.807, 2.05) is 59.1 Å². The molecule has 0 aliphatic carbocycles. The van der Waals surface area contributed by atoms with Crippen molar-refractivity contribution in [3.05, 3.63) is 71.8 Å². The van der Waals surface area contributed by atoms with Crippen LogP contribution in [-0.4, -0.2) is 22.0 Å². The van der Waals surface area contributed by atoms with Crippen molar-refractivity contribution in [1.29, 1.82) is 0 Å². The smallest absolute Gasteiger partial charge is 0.359 e. The Morgan fingerprint density at radius 2 is 1.90 bits per heavy atom. The first-order valence-corrected chi connectivity index (χ1v) is 6.96.